The van der Waals surface area contributed by atoms with Gasteiger partial charge in [-0.05, 0) is 104 Å². The molecule has 1 aliphatic carbocycles. The molecule has 0 spiro atoms. The number of benzene rings is 1. The Morgan fingerprint density at radius 2 is 1.63 bits per heavy atom. The maximum absolute atomic E-state index is 14.1. The molecule has 4 N–H and O–H groups in total. The summed E-state index contributed by atoms with van der Waals surface area (Å²) < 4.78 is 46.7. The smallest absolute Gasteiger partial charge is 0.471 e. The third-order valence-electron chi connectivity index (χ3n) is 15.7. The predicted octanol–water partition coefficient (Wildman–Crippen LogP) is 4.73. The van der Waals surface area contributed by atoms with Crippen molar-refractivity contribution in [3.63, 3.8) is 0 Å². The number of anilines is 5. The standard InChI is InChI=1S/C53H60N11O11P/c1-31-28-59(34-12-15-58(16-13-34)35-5-7-38-39(23-35)50(68)64(49(38)67)42-8-10-46(66)63(51(42)69)30-75-76(71,72)73)17-18-60(31)36-6-9-45(55-27-36)57-41-21-33(26-56-48(41)74-4)37-11-14-54-47(40(37)29-65)62-20-19-61-43(52(62)70)22-32-24-53(2,3)25-44(32)61/h5-7,9,11,14,21-23,26-27,31,34,42,65H,8,10,12-13,15-20,24-25,28-30H2,1-4H3,(H,55,57)(H2,71,72,73)/t31-,42-/m0/s1/i4D3. The van der Waals surface area contributed by atoms with Crippen molar-refractivity contribution in [1.82, 2.24) is 34.2 Å². The largest absolute Gasteiger partial charge is 0.480 e. The Labute approximate surface area is 442 Å². The Morgan fingerprint density at radius 1 is 0.842 bits per heavy atom. The van der Waals surface area contributed by atoms with Gasteiger partial charge < -0.3 is 39.3 Å². The number of hydrogen-bond donors (Lipinski definition) is 4. The first-order chi connectivity index (χ1) is 37.5. The van der Waals surface area contributed by atoms with E-state index in [0.29, 0.717) is 71.1 Å². The number of methoxy groups -OCH3 is 1. The maximum Gasteiger partial charge on any atom is 0.471 e. The number of ether oxygens (including phenoxy) is 1. The first-order valence-corrected chi connectivity index (χ1v) is 26.9. The predicted molar refractivity (Wildman–Crippen MR) is 278 cm³/mol. The highest BCUT2D eigenvalue weighted by Gasteiger charge is 2.48. The monoisotopic (exact) mass is 1060 g/mol. The number of carbonyl (C=O) groups excluding carboxylic acids is 5. The van der Waals surface area contributed by atoms with E-state index in [1.165, 1.54) is 17.5 Å². The average molecular weight is 1060 g/mol. The summed E-state index contributed by atoms with van der Waals surface area (Å²) in [6, 6.07) is 13.2. The van der Waals surface area contributed by atoms with Crippen LogP contribution in [0, 0.1) is 5.41 Å². The molecule has 9 heterocycles. The van der Waals surface area contributed by atoms with Crippen molar-refractivity contribution in [2.75, 3.05) is 73.1 Å². The topological polar surface area (TPSA) is 257 Å². The van der Waals surface area contributed by atoms with Crippen molar-refractivity contribution in [3.05, 3.63) is 101 Å². The molecule has 3 saturated heterocycles. The van der Waals surface area contributed by atoms with Crippen molar-refractivity contribution in [3.8, 4) is 17.0 Å². The summed E-state index contributed by atoms with van der Waals surface area (Å²) in [6.07, 6.45) is 7.94. The van der Waals surface area contributed by atoms with Crippen molar-refractivity contribution in [2.24, 2.45) is 5.41 Å². The van der Waals surface area contributed by atoms with E-state index in [0.717, 1.165) is 61.6 Å². The highest BCUT2D eigenvalue weighted by atomic mass is 31.2. The lowest BCUT2D eigenvalue weighted by Gasteiger charge is -2.46. The third kappa shape index (κ3) is 9.40. The molecule has 23 heteroatoms. The molecule has 3 fully saturated rings. The van der Waals surface area contributed by atoms with Crippen LogP contribution in [0.4, 0.5) is 28.7 Å². The minimum atomic E-state index is -5.02. The number of phosphoric acid groups is 1. The van der Waals surface area contributed by atoms with E-state index >= 15 is 0 Å². The molecule has 22 nitrogen and oxygen atoms in total. The molecule has 398 valence electrons. The number of pyridine rings is 3. The third-order valence-corrected chi connectivity index (χ3v) is 16.2. The summed E-state index contributed by atoms with van der Waals surface area (Å²) in [4.78, 5) is 109. The highest BCUT2D eigenvalue weighted by Crippen LogP contribution is 2.42. The summed E-state index contributed by atoms with van der Waals surface area (Å²) in [6.45, 7) is 9.87. The molecule has 2 atom stereocenters. The number of rotatable bonds is 13. The van der Waals surface area contributed by atoms with E-state index in [-0.39, 0.29) is 52.9 Å². The molecule has 0 unspecified atom stereocenters. The minimum absolute atomic E-state index is 0.125. The van der Waals surface area contributed by atoms with E-state index in [4.69, 9.17) is 23.6 Å². The average Bonchev–Trinajstić information content (AvgIpc) is 4.24. The number of phosphoric ester groups is 1. The number of nitrogens with one attached hydrogen (secondary N) is 1. The number of aromatic nitrogens is 4. The van der Waals surface area contributed by atoms with E-state index in [9.17, 15) is 33.6 Å². The van der Waals surface area contributed by atoms with Gasteiger partial charge in [-0.3, -0.25) is 48.1 Å². The summed E-state index contributed by atoms with van der Waals surface area (Å²) in [5.74, 6) is -2.70. The Bertz CT molecular complexity index is 3340. The lowest BCUT2D eigenvalue weighted by molar-refractivity contribution is -0.155. The van der Waals surface area contributed by atoms with Gasteiger partial charge in [-0.2, -0.15) is 0 Å². The second-order valence-corrected chi connectivity index (χ2v) is 22.3. The molecular weight excluding hydrogens is 998 g/mol. The summed E-state index contributed by atoms with van der Waals surface area (Å²) in [5, 5.41) is 14.1. The second-order valence-electron chi connectivity index (χ2n) is 21.1. The van der Waals surface area contributed by atoms with Gasteiger partial charge in [0.2, 0.25) is 11.8 Å². The fourth-order valence-corrected chi connectivity index (χ4v) is 12.3. The fourth-order valence-electron chi connectivity index (χ4n) is 12.0. The van der Waals surface area contributed by atoms with Crippen LogP contribution in [0.1, 0.15) is 98.6 Å². The van der Waals surface area contributed by atoms with E-state index < -0.39 is 57.9 Å². The number of aliphatic hydroxyl groups excluding tert-OH is 1. The SMILES string of the molecule is [2H]C([2H])([2H])Oc1ncc(-c2ccnc(N3CCn4c(cc5c4CC(C)(C)C5)C3=O)c2CO)cc1Nc1ccc(N2CCN(C3CCN(c4ccc5c(c4)C(=O)N([C@H]4CCC(=O)N(COP(=O)(O)O)C4=O)C5=O)CC3)C[C@@H]2C)cn1. The van der Waals surface area contributed by atoms with Crippen molar-refractivity contribution in [1.29, 1.82) is 0 Å². The van der Waals surface area contributed by atoms with E-state index in [1.54, 1.807) is 53.7 Å². The summed E-state index contributed by atoms with van der Waals surface area (Å²) in [7, 11) is -7.83. The number of piperidine rings is 2. The van der Waals surface area contributed by atoms with Gasteiger partial charge >= 0.3 is 7.82 Å². The van der Waals surface area contributed by atoms with Gasteiger partial charge in [0.1, 0.15) is 35.8 Å². The number of aliphatic hydroxyl groups is 1. The van der Waals surface area contributed by atoms with Crippen LogP contribution in [0.3, 0.4) is 0 Å². The van der Waals surface area contributed by atoms with Crippen LogP contribution in [0.2, 0.25) is 0 Å². The quantitative estimate of drug-likeness (QED) is 0.0918. The number of hydrogen-bond acceptors (Lipinski definition) is 16. The molecule has 0 saturated carbocycles. The van der Waals surface area contributed by atoms with Crippen LogP contribution in [-0.4, -0.2) is 150 Å². The molecule has 5 aliphatic heterocycles. The van der Waals surface area contributed by atoms with Crippen molar-refractivity contribution >= 4 is 66.1 Å². The lowest BCUT2D eigenvalue weighted by Crippen LogP contribution is -2.57. The Morgan fingerprint density at radius 3 is 2.37 bits per heavy atom. The molecule has 0 bridgehead atoms. The van der Waals surface area contributed by atoms with Gasteiger partial charge in [-0.15, -0.1) is 0 Å². The van der Waals surface area contributed by atoms with Gasteiger partial charge in [0, 0.05) is 99.2 Å². The van der Waals surface area contributed by atoms with Gasteiger partial charge in [0.15, 0.2) is 0 Å². The number of imide groups is 2. The van der Waals surface area contributed by atoms with Gasteiger partial charge in [0.25, 0.3) is 23.6 Å². The molecule has 5 aromatic rings. The summed E-state index contributed by atoms with van der Waals surface area (Å²) in [5.41, 5.74) is 6.76. The molecule has 1 aromatic carbocycles. The number of piperazine rings is 1. The zero-order valence-electron chi connectivity index (χ0n) is 45.2. The van der Waals surface area contributed by atoms with Crippen LogP contribution in [-0.2, 0) is 44.7 Å². The van der Waals surface area contributed by atoms with Crippen LogP contribution >= 0.6 is 7.82 Å². The second kappa shape index (κ2) is 19.8. The van der Waals surface area contributed by atoms with Crippen LogP contribution in [0.5, 0.6) is 5.88 Å². The number of likely N-dealkylation sites (tertiary alicyclic amines) is 1. The maximum atomic E-state index is 14.1. The fraction of sp³-hybridized carbons (Fsp3) is 0.434. The molecule has 76 heavy (non-hydrogen) atoms. The molecule has 5 amide bonds. The van der Waals surface area contributed by atoms with Crippen molar-refractivity contribution in [2.45, 2.75) is 90.6 Å². The highest BCUT2D eigenvalue weighted by molar-refractivity contribution is 7.46. The first kappa shape index (κ1) is 47.4. The van der Waals surface area contributed by atoms with E-state index in [1.807, 2.05) is 12.1 Å². The van der Waals surface area contributed by atoms with Gasteiger partial charge in [-0.25, -0.2) is 19.5 Å². The van der Waals surface area contributed by atoms with Crippen LogP contribution in [0.25, 0.3) is 11.1 Å². The normalized spacial score (nSPS) is 21.9. The van der Waals surface area contributed by atoms with Crippen LogP contribution < -0.4 is 24.8 Å². The molecule has 0 radical (unpaired) electrons. The zero-order valence-corrected chi connectivity index (χ0v) is 43.1. The Kier molecular flexibility index (Phi) is 12.4. The van der Waals surface area contributed by atoms with Crippen molar-refractivity contribution < 1.29 is 56.8 Å². The molecule has 6 aliphatic rings. The van der Waals surface area contributed by atoms with Gasteiger partial charge in [0.05, 0.1) is 40.8 Å². The first-order valence-electron chi connectivity index (χ1n) is 26.9. The molecule has 4 aromatic heterocycles. The Balaban J connectivity index is 0.721. The minimum Gasteiger partial charge on any atom is -0.480 e. The number of nitrogens with zero attached hydrogens (tertiary/aromatic N) is 10. The molecule has 11 rings (SSSR count). The van der Waals surface area contributed by atoms with Gasteiger partial charge in [-0.1, -0.05) is 13.8 Å². The lowest BCUT2D eigenvalue weighted by atomic mass is 9.90. The Hall–Kier alpha value is -7.07. The number of fused-ring (bicyclic) bond motifs is 4. The van der Waals surface area contributed by atoms with Crippen LogP contribution in [0.15, 0.2) is 67.1 Å². The molecular formula is C53H60N11O11P. The number of amides is 5. The number of carbonyl (C=O) groups is 5. The summed E-state index contributed by atoms with van der Waals surface area (Å²) >= 11 is 0. The zero-order chi connectivity index (χ0) is 55.9. The van der Waals surface area contributed by atoms with E-state index in [2.05, 4.69) is 59.8 Å².